The van der Waals surface area contributed by atoms with E-state index < -0.39 is 41.3 Å². The fraction of sp³-hybridized carbons (Fsp3) is 0.231. The summed E-state index contributed by atoms with van der Waals surface area (Å²) in [5.41, 5.74) is -0.681. The van der Waals surface area contributed by atoms with E-state index in [0.717, 1.165) is 6.07 Å². The molecule has 10 heteroatoms. The molecule has 2 N–H and O–H groups in total. The zero-order chi connectivity index (χ0) is 17.0. The minimum absolute atomic E-state index is 0.0721. The highest BCUT2D eigenvalue weighted by molar-refractivity contribution is 5.89. The summed E-state index contributed by atoms with van der Waals surface area (Å²) in [6.07, 6.45) is -0.703. The van der Waals surface area contributed by atoms with E-state index in [1.807, 2.05) is 0 Å². The zero-order valence-corrected chi connectivity index (χ0v) is 11.8. The van der Waals surface area contributed by atoms with Gasteiger partial charge < -0.3 is 15.2 Å². The maximum Gasteiger partial charge on any atom is 0.292 e. The Morgan fingerprint density at radius 2 is 1.91 bits per heavy atom. The molecule has 0 radical (unpaired) electrons. The first-order valence-electron chi connectivity index (χ1n) is 6.36. The van der Waals surface area contributed by atoms with E-state index >= 15 is 0 Å². The second kappa shape index (κ2) is 6.90. The summed E-state index contributed by atoms with van der Waals surface area (Å²) in [5, 5.41) is 7.92. The predicted octanol–water partition coefficient (Wildman–Crippen LogP) is 0.705. The number of nitrogens with zero attached hydrogens (tertiary/aromatic N) is 2. The lowest BCUT2D eigenvalue weighted by molar-refractivity contribution is -0.120. The van der Waals surface area contributed by atoms with Crippen molar-refractivity contribution in [1.29, 1.82) is 0 Å². The number of benzene rings is 1. The molecule has 2 amide bonds. The number of rotatable bonds is 5. The maximum atomic E-state index is 13.4. The SMILES string of the molecule is CNC(=O)c1noc(CNC(=O)Cc2c(F)ccc(F)c2F)n1. The molecule has 0 fully saturated rings. The smallest absolute Gasteiger partial charge is 0.292 e. The third kappa shape index (κ3) is 3.84. The normalized spacial score (nSPS) is 10.4. The Balaban J connectivity index is 1.97. The number of aromatic nitrogens is 2. The molecule has 122 valence electrons. The Morgan fingerprint density at radius 1 is 1.22 bits per heavy atom. The number of nitrogens with one attached hydrogen (secondary N) is 2. The standard InChI is InChI=1S/C13H11F3N4O3/c1-17-13(22)12-19-10(23-20-12)5-18-9(21)4-6-7(14)2-3-8(15)11(6)16/h2-3H,4-5H2,1H3,(H,17,22)(H,18,21). The Kier molecular flexibility index (Phi) is 4.94. The van der Waals surface area contributed by atoms with Gasteiger partial charge in [0.2, 0.25) is 11.8 Å². The number of halogens is 3. The molecular weight excluding hydrogens is 317 g/mol. The Morgan fingerprint density at radius 3 is 2.61 bits per heavy atom. The van der Waals surface area contributed by atoms with E-state index in [9.17, 15) is 22.8 Å². The third-order valence-electron chi connectivity index (χ3n) is 2.81. The summed E-state index contributed by atoms with van der Waals surface area (Å²) in [6.45, 7) is -0.249. The first kappa shape index (κ1) is 16.5. The monoisotopic (exact) mass is 328 g/mol. The fourth-order valence-electron chi connectivity index (χ4n) is 1.66. The molecular formula is C13H11F3N4O3. The molecule has 0 atom stereocenters. The van der Waals surface area contributed by atoms with Crippen molar-refractivity contribution in [3.05, 3.63) is 46.9 Å². The molecule has 1 heterocycles. The van der Waals surface area contributed by atoms with E-state index in [4.69, 9.17) is 4.52 Å². The van der Waals surface area contributed by atoms with E-state index in [1.54, 1.807) is 0 Å². The van der Waals surface area contributed by atoms with Crippen molar-refractivity contribution in [2.75, 3.05) is 7.05 Å². The van der Waals surface area contributed by atoms with Gasteiger partial charge in [-0.15, -0.1) is 0 Å². The van der Waals surface area contributed by atoms with Crippen LogP contribution in [-0.2, 0) is 17.8 Å². The van der Waals surface area contributed by atoms with Crippen molar-refractivity contribution in [1.82, 2.24) is 20.8 Å². The summed E-state index contributed by atoms with van der Waals surface area (Å²) < 4.78 is 44.6. The largest absolute Gasteiger partial charge is 0.352 e. The minimum Gasteiger partial charge on any atom is -0.352 e. The van der Waals surface area contributed by atoms with Gasteiger partial charge in [-0.25, -0.2) is 13.2 Å². The number of hydrogen-bond acceptors (Lipinski definition) is 5. The highest BCUT2D eigenvalue weighted by Gasteiger charge is 2.18. The van der Waals surface area contributed by atoms with Crippen LogP contribution in [0, 0.1) is 17.5 Å². The first-order chi connectivity index (χ1) is 10.9. The van der Waals surface area contributed by atoms with Gasteiger partial charge in [-0.05, 0) is 12.1 Å². The second-order valence-electron chi connectivity index (χ2n) is 4.37. The van der Waals surface area contributed by atoms with Crippen LogP contribution in [0.15, 0.2) is 16.7 Å². The van der Waals surface area contributed by atoms with Crippen molar-refractivity contribution in [2.24, 2.45) is 0 Å². The average Bonchev–Trinajstić information content (AvgIpc) is 3.01. The van der Waals surface area contributed by atoms with Gasteiger partial charge >= 0.3 is 0 Å². The van der Waals surface area contributed by atoms with Crippen LogP contribution in [0.25, 0.3) is 0 Å². The second-order valence-corrected chi connectivity index (χ2v) is 4.37. The molecule has 7 nitrogen and oxygen atoms in total. The molecule has 0 spiro atoms. The molecule has 0 aliphatic rings. The van der Waals surface area contributed by atoms with Crippen LogP contribution in [0.1, 0.15) is 22.1 Å². The molecule has 1 aromatic carbocycles. The quantitative estimate of drug-likeness (QED) is 0.788. The third-order valence-corrected chi connectivity index (χ3v) is 2.81. The number of amides is 2. The lowest BCUT2D eigenvalue weighted by Crippen LogP contribution is -2.26. The van der Waals surface area contributed by atoms with Crippen LogP contribution < -0.4 is 10.6 Å². The zero-order valence-electron chi connectivity index (χ0n) is 11.8. The fourth-order valence-corrected chi connectivity index (χ4v) is 1.66. The van der Waals surface area contributed by atoms with Gasteiger partial charge in [-0.3, -0.25) is 9.59 Å². The molecule has 2 aromatic rings. The number of carbonyl (C=O) groups is 2. The lowest BCUT2D eigenvalue weighted by atomic mass is 10.1. The maximum absolute atomic E-state index is 13.4. The van der Waals surface area contributed by atoms with Crippen molar-refractivity contribution >= 4 is 11.8 Å². The van der Waals surface area contributed by atoms with Crippen LogP contribution in [0.5, 0.6) is 0 Å². The molecule has 0 bridgehead atoms. The highest BCUT2D eigenvalue weighted by Crippen LogP contribution is 2.16. The molecule has 2 rings (SSSR count). The Labute approximate surface area is 127 Å². The summed E-state index contributed by atoms with van der Waals surface area (Å²) in [5.74, 6) is -5.35. The molecule has 0 saturated heterocycles. The van der Waals surface area contributed by atoms with Crippen LogP contribution >= 0.6 is 0 Å². The van der Waals surface area contributed by atoms with Crippen molar-refractivity contribution in [3.8, 4) is 0 Å². The highest BCUT2D eigenvalue weighted by atomic mass is 19.2. The van der Waals surface area contributed by atoms with Crippen LogP contribution in [0.3, 0.4) is 0 Å². The lowest BCUT2D eigenvalue weighted by Gasteiger charge is -2.06. The van der Waals surface area contributed by atoms with Gasteiger partial charge in [-0.2, -0.15) is 4.98 Å². The predicted molar refractivity (Wildman–Crippen MR) is 69.6 cm³/mol. The molecule has 0 aliphatic heterocycles. The van der Waals surface area contributed by atoms with Gasteiger partial charge in [0.1, 0.15) is 5.82 Å². The Hall–Kier alpha value is -2.91. The van der Waals surface area contributed by atoms with Crippen LogP contribution in [0.2, 0.25) is 0 Å². The molecule has 1 aromatic heterocycles. The number of hydrogen-bond donors (Lipinski definition) is 2. The molecule has 23 heavy (non-hydrogen) atoms. The van der Waals surface area contributed by atoms with E-state index in [-0.39, 0.29) is 18.3 Å². The van der Waals surface area contributed by atoms with Crippen molar-refractivity contribution < 1.29 is 27.3 Å². The van der Waals surface area contributed by atoms with Gasteiger partial charge in [0, 0.05) is 12.6 Å². The van der Waals surface area contributed by atoms with Crippen LogP contribution in [-0.4, -0.2) is 29.0 Å². The summed E-state index contributed by atoms with van der Waals surface area (Å²) in [6, 6.07) is 1.36. The van der Waals surface area contributed by atoms with Crippen molar-refractivity contribution in [3.63, 3.8) is 0 Å². The molecule has 0 aliphatic carbocycles. The minimum atomic E-state index is -1.42. The van der Waals surface area contributed by atoms with Crippen molar-refractivity contribution in [2.45, 2.75) is 13.0 Å². The van der Waals surface area contributed by atoms with Gasteiger partial charge in [0.25, 0.3) is 11.7 Å². The first-order valence-corrected chi connectivity index (χ1v) is 6.36. The van der Waals surface area contributed by atoms with E-state index in [0.29, 0.717) is 6.07 Å². The number of carbonyl (C=O) groups excluding carboxylic acids is 2. The van der Waals surface area contributed by atoms with Gasteiger partial charge in [0.15, 0.2) is 11.6 Å². The Bertz CT molecular complexity index is 748. The van der Waals surface area contributed by atoms with Gasteiger partial charge in [0.05, 0.1) is 13.0 Å². The van der Waals surface area contributed by atoms with E-state index in [1.165, 1.54) is 7.05 Å². The summed E-state index contributed by atoms with van der Waals surface area (Å²) in [4.78, 5) is 26.6. The summed E-state index contributed by atoms with van der Waals surface area (Å²) in [7, 11) is 1.38. The van der Waals surface area contributed by atoms with Gasteiger partial charge in [-0.1, -0.05) is 5.16 Å². The van der Waals surface area contributed by atoms with E-state index in [2.05, 4.69) is 20.8 Å². The molecule has 0 saturated carbocycles. The summed E-state index contributed by atoms with van der Waals surface area (Å²) >= 11 is 0. The average molecular weight is 328 g/mol. The topological polar surface area (TPSA) is 97.1 Å². The molecule has 0 unspecified atom stereocenters. The van der Waals surface area contributed by atoms with Crippen LogP contribution in [0.4, 0.5) is 13.2 Å².